The minimum Gasteiger partial charge on any atom is -0.393 e. The Morgan fingerprint density at radius 3 is 3.00 bits per heavy atom. The lowest BCUT2D eigenvalue weighted by Gasteiger charge is -2.35. The van der Waals surface area contributed by atoms with Crippen LogP contribution in [0.1, 0.15) is 32.6 Å². The van der Waals surface area contributed by atoms with Crippen molar-refractivity contribution in [1.29, 1.82) is 5.26 Å². The van der Waals surface area contributed by atoms with Gasteiger partial charge in [-0.1, -0.05) is 0 Å². The molecule has 1 fully saturated rings. The van der Waals surface area contributed by atoms with Gasteiger partial charge in [0.25, 0.3) is 0 Å². The van der Waals surface area contributed by atoms with Gasteiger partial charge in [-0.3, -0.25) is 0 Å². The van der Waals surface area contributed by atoms with Crippen molar-refractivity contribution in [2.24, 2.45) is 0 Å². The first-order valence-corrected chi connectivity index (χ1v) is 5.03. The fraction of sp³-hybridized carbons (Fsp3) is 0.900. The third-order valence-electron chi connectivity index (χ3n) is 2.72. The minimum atomic E-state index is -0.109. The predicted octanol–water partition coefficient (Wildman–Crippen LogP) is 1.14. The van der Waals surface area contributed by atoms with Crippen LogP contribution in [0.4, 0.5) is 0 Å². The number of unbranched alkanes of at least 4 members (excludes halogenated alkanes) is 1. The van der Waals surface area contributed by atoms with Gasteiger partial charge in [0.15, 0.2) is 0 Å². The van der Waals surface area contributed by atoms with Gasteiger partial charge in [0, 0.05) is 19.0 Å². The van der Waals surface area contributed by atoms with Gasteiger partial charge in [-0.15, -0.1) is 0 Å². The average Bonchev–Trinajstić information content (AvgIpc) is 2.09. The van der Waals surface area contributed by atoms with Gasteiger partial charge in [0.2, 0.25) is 0 Å². The minimum absolute atomic E-state index is 0.109. The van der Waals surface area contributed by atoms with Crippen molar-refractivity contribution in [2.45, 2.75) is 44.8 Å². The Morgan fingerprint density at radius 2 is 2.38 bits per heavy atom. The van der Waals surface area contributed by atoms with E-state index in [1.807, 2.05) is 0 Å². The van der Waals surface area contributed by atoms with E-state index in [1.165, 1.54) is 0 Å². The molecule has 1 N–H and O–H groups in total. The molecule has 2 atom stereocenters. The van der Waals surface area contributed by atoms with E-state index < -0.39 is 0 Å². The molecule has 0 amide bonds. The first-order valence-electron chi connectivity index (χ1n) is 5.03. The van der Waals surface area contributed by atoms with Crippen LogP contribution >= 0.6 is 0 Å². The molecular weight excluding hydrogens is 164 g/mol. The fourth-order valence-electron chi connectivity index (χ4n) is 1.89. The number of hydrogen-bond donors (Lipinski definition) is 1. The number of nitrogens with zero attached hydrogens (tertiary/aromatic N) is 2. The highest BCUT2D eigenvalue weighted by molar-refractivity contribution is 4.79. The Bertz CT molecular complexity index is 188. The number of aliphatic hydroxyl groups excluding tert-OH is 1. The van der Waals surface area contributed by atoms with Gasteiger partial charge in [-0.25, -0.2) is 0 Å². The second kappa shape index (κ2) is 5.21. The number of likely N-dealkylation sites (tertiary alicyclic amines) is 1. The first-order chi connectivity index (χ1) is 6.24. The summed E-state index contributed by atoms with van der Waals surface area (Å²) in [5, 5.41) is 17.8. The lowest BCUT2D eigenvalue weighted by molar-refractivity contribution is 0.0480. The molecule has 1 aliphatic rings. The molecule has 13 heavy (non-hydrogen) atoms. The molecule has 0 aromatic rings. The van der Waals surface area contributed by atoms with Crippen LogP contribution in [-0.4, -0.2) is 35.2 Å². The largest absolute Gasteiger partial charge is 0.393 e. The standard InChI is InChI=1S/C10H18N2O/c1-9-8-10(13)4-7-12(9)6-3-2-5-11/h9-10,13H,2-4,6-8H2,1H3. The SMILES string of the molecule is CC1CC(O)CCN1CCCC#N. The summed E-state index contributed by atoms with van der Waals surface area (Å²) in [5.41, 5.74) is 0. The topological polar surface area (TPSA) is 47.3 Å². The van der Waals surface area contributed by atoms with E-state index in [-0.39, 0.29) is 6.10 Å². The van der Waals surface area contributed by atoms with Crippen LogP contribution in [0.5, 0.6) is 0 Å². The molecule has 0 aromatic carbocycles. The summed E-state index contributed by atoms with van der Waals surface area (Å²) in [6.07, 6.45) is 3.26. The van der Waals surface area contributed by atoms with Crippen molar-refractivity contribution in [3.63, 3.8) is 0 Å². The molecular formula is C10H18N2O. The summed E-state index contributed by atoms with van der Waals surface area (Å²) in [6, 6.07) is 2.63. The summed E-state index contributed by atoms with van der Waals surface area (Å²) < 4.78 is 0. The predicted molar refractivity (Wildman–Crippen MR) is 51.1 cm³/mol. The number of aliphatic hydroxyl groups is 1. The number of piperidine rings is 1. The van der Waals surface area contributed by atoms with Crippen LogP contribution in [-0.2, 0) is 0 Å². The van der Waals surface area contributed by atoms with Crippen molar-refractivity contribution in [1.82, 2.24) is 4.90 Å². The highest BCUT2D eigenvalue weighted by Crippen LogP contribution is 2.17. The highest BCUT2D eigenvalue weighted by atomic mass is 16.3. The fourth-order valence-corrected chi connectivity index (χ4v) is 1.89. The quantitative estimate of drug-likeness (QED) is 0.666. The maximum atomic E-state index is 9.39. The number of nitriles is 1. The Hall–Kier alpha value is -0.590. The third-order valence-corrected chi connectivity index (χ3v) is 2.72. The highest BCUT2D eigenvalue weighted by Gasteiger charge is 2.22. The summed E-state index contributed by atoms with van der Waals surface area (Å²) in [6.45, 7) is 4.13. The zero-order valence-corrected chi connectivity index (χ0v) is 8.24. The summed E-state index contributed by atoms with van der Waals surface area (Å²) >= 11 is 0. The van der Waals surface area contributed by atoms with Crippen molar-refractivity contribution < 1.29 is 5.11 Å². The molecule has 1 saturated heterocycles. The lowest BCUT2D eigenvalue weighted by Crippen LogP contribution is -2.42. The third kappa shape index (κ3) is 3.33. The van der Waals surface area contributed by atoms with Gasteiger partial charge >= 0.3 is 0 Å². The van der Waals surface area contributed by atoms with E-state index in [1.54, 1.807) is 0 Å². The molecule has 0 bridgehead atoms. The summed E-state index contributed by atoms with van der Waals surface area (Å²) in [5.74, 6) is 0. The van der Waals surface area contributed by atoms with Crippen LogP contribution in [0, 0.1) is 11.3 Å². The van der Waals surface area contributed by atoms with E-state index in [4.69, 9.17) is 5.26 Å². The maximum Gasteiger partial charge on any atom is 0.0622 e. The molecule has 1 heterocycles. The molecule has 2 unspecified atom stereocenters. The van der Waals surface area contributed by atoms with Crippen molar-refractivity contribution in [3.8, 4) is 6.07 Å². The second-order valence-corrected chi connectivity index (χ2v) is 3.82. The Morgan fingerprint density at radius 1 is 1.62 bits per heavy atom. The van der Waals surface area contributed by atoms with Gasteiger partial charge in [0.1, 0.15) is 0 Å². The average molecular weight is 182 g/mol. The van der Waals surface area contributed by atoms with E-state index in [2.05, 4.69) is 17.9 Å². The second-order valence-electron chi connectivity index (χ2n) is 3.82. The lowest BCUT2D eigenvalue weighted by atomic mass is 10.0. The molecule has 0 saturated carbocycles. The van der Waals surface area contributed by atoms with Gasteiger partial charge < -0.3 is 10.0 Å². The Balaban J connectivity index is 2.22. The molecule has 1 rings (SSSR count). The van der Waals surface area contributed by atoms with Gasteiger partial charge in [-0.05, 0) is 32.7 Å². The Labute approximate surface area is 80.0 Å². The molecule has 3 nitrogen and oxygen atoms in total. The van der Waals surface area contributed by atoms with E-state index in [0.717, 1.165) is 32.4 Å². The van der Waals surface area contributed by atoms with Gasteiger partial charge in [-0.2, -0.15) is 5.26 Å². The van der Waals surface area contributed by atoms with Gasteiger partial charge in [0.05, 0.1) is 12.2 Å². The summed E-state index contributed by atoms with van der Waals surface area (Å²) in [4.78, 5) is 2.37. The Kier molecular flexibility index (Phi) is 4.20. The number of rotatable bonds is 3. The monoisotopic (exact) mass is 182 g/mol. The molecule has 0 spiro atoms. The van der Waals surface area contributed by atoms with Crippen molar-refractivity contribution in [2.75, 3.05) is 13.1 Å². The smallest absolute Gasteiger partial charge is 0.0622 e. The van der Waals surface area contributed by atoms with Crippen molar-refractivity contribution in [3.05, 3.63) is 0 Å². The zero-order valence-electron chi connectivity index (χ0n) is 8.24. The zero-order chi connectivity index (χ0) is 9.68. The normalized spacial score (nSPS) is 29.9. The van der Waals surface area contributed by atoms with E-state index in [0.29, 0.717) is 12.5 Å². The molecule has 74 valence electrons. The molecule has 0 radical (unpaired) electrons. The van der Waals surface area contributed by atoms with E-state index in [9.17, 15) is 5.11 Å². The van der Waals surface area contributed by atoms with E-state index >= 15 is 0 Å². The van der Waals surface area contributed by atoms with Crippen LogP contribution in [0.2, 0.25) is 0 Å². The molecule has 1 aliphatic heterocycles. The number of hydrogen-bond acceptors (Lipinski definition) is 3. The first kappa shape index (κ1) is 10.5. The maximum absolute atomic E-state index is 9.39. The van der Waals surface area contributed by atoms with Crippen LogP contribution < -0.4 is 0 Å². The summed E-state index contributed by atoms with van der Waals surface area (Å²) in [7, 11) is 0. The molecule has 0 aliphatic carbocycles. The van der Waals surface area contributed by atoms with Crippen LogP contribution in [0.3, 0.4) is 0 Å². The van der Waals surface area contributed by atoms with Crippen LogP contribution in [0.15, 0.2) is 0 Å². The molecule has 0 aromatic heterocycles. The molecule has 3 heteroatoms. The van der Waals surface area contributed by atoms with Crippen molar-refractivity contribution >= 4 is 0 Å². The van der Waals surface area contributed by atoms with Crippen LogP contribution in [0.25, 0.3) is 0 Å².